The highest BCUT2D eigenvalue weighted by atomic mass is 79.9. The lowest BCUT2D eigenvalue weighted by Crippen LogP contribution is -2.05. The Hall–Kier alpha value is -1.83. The maximum Gasteiger partial charge on any atom is 0.354 e. The number of carbonyl (C=O) groups excluding carboxylic acids is 1. The van der Waals surface area contributed by atoms with Gasteiger partial charge >= 0.3 is 11.7 Å². The number of rotatable bonds is 3. The first-order valence-corrected chi connectivity index (χ1v) is 5.05. The van der Waals surface area contributed by atoms with E-state index in [1.165, 1.54) is 13.2 Å². The molecule has 17 heavy (non-hydrogen) atoms. The molecular formula is C9H8BrNO6. The number of nitro benzene ring substituents is 1. The van der Waals surface area contributed by atoms with Crippen LogP contribution in [0.3, 0.4) is 0 Å². The molecule has 1 aromatic rings. The van der Waals surface area contributed by atoms with Crippen molar-refractivity contribution in [1.29, 1.82) is 0 Å². The number of hydrogen-bond donors (Lipinski definition) is 1. The van der Waals surface area contributed by atoms with E-state index in [0.29, 0.717) is 0 Å². The van der Waals surface area contributed by atoms with Crippen LogP contribution in [0.1, 0.15) is 10.4 Å². The highest BCUT2D eigenvalue weighted by molar-refractivity contribution is 9.10. The van der Waals surface area contributed by atoms with Crippen LogP contribution < -0.4 is 4.74 Å². The molecule has 7 nitrogen and oxygen atoms in total. The van der Waals surface area contributed by atoms with Crippen LogP contribution in [0.5, 0.6) is 11.5 Å². The smallest absolute Gasteiger partial charge is 0.354 e. The van der Waals surface area contributed by atoms with Crippen molar-refractivity contribution >= 4 is 27.6 Å². The lowest BCUT2D eigenvalue weighted by Gasteiger charge is -2.08. The van der Waals surface area contributed by atoms with Gasteiger partial charge in [0.1, 0.15) is 5.56 Å². The number of nitrogens with zero attached hydrogens (tertiary/aromatic N) is 1. The lowest BCUT2D eigenvalue weighted by molar-refractivity contribution is -0.386. The Bertz CT molecular complexity index is 487. The molecule has 0 bridgehead atoms. The van der Waals surface area contributed by atoms with Gasteiger partial charge in [-0.1, -0.05) is 0 Å². The summed E-state index contributed by atoms with van der Waals surface area (Å²) < 4.78 is 9.35. The summed E-state index contributed by atoms with van der Waals surface area (Å²) in [7, 11) is 2.32. The van der Waals surface area contributed by atoms with E-state index in [2.05, 4.69) is 20.7 Å². The van der Waals surface area contributed by atoms with Gasteiger partial charge in [-0.3, -0.25) is 10.1 Å². The summed E-state index contributed by atoms with van der Waals surface area (Å²) in [5.74, 6) is -1.84. The Labute approximate surface area is 104 Å². The fourth-order valence-electron chi connectivity index (χ4n) is 1.24. The molecule has 92 valence electrons. The maximum absolute atomic E-state index is 11.3. The number of methoxy groups -OCH3 is 2. The van der Waals surface area contributed by atoms with E-state index in [4.69, 9.17) is 4.74 Å². The van der Waals surface area contributed by atoms with Crippen LogP contribution in [0.15, 0.2) is 10.5 Å². The molecule has 0 radical (unpaired) electrons. The predicted octanol–water partition coefficient (Wildman–Crippen LogP) is 1.86. The molecule has 1 rings (SSSR count). The second kappa shape index (κ2) is 5.00. The molecule has 0 heterocycles. The molecule has 1 N–H and O–H groups in total. The highest BCUT2D eigenvalue weighted by Gasteiger charge is 2.30. The minimum absolute atomic E-state index is 0.167. The minimum Gasteiger partial charge on any atom is -0.501 e. The zero-order valence-corrected chi connectivity index (χ0v) is 10.5. The Balaban J connectivity index is 3.60. The Morgan fingerprint density at radius 2 is 2.12 bits per heavy atom. The van der Waals surface area contributed by atoms with E-state index < -0.39 is 22.3 Å². The van der Waals surface area contributed by atoms with Crippen molar-refractivity contribution in [3.8, 4) is 11.5 Å². The van der Waals surface area contributed by atoms with Gasteiger partial charge in [-0.25, -0.2) is 4.79 Å². The summed E-state index contributed by atoms with van der Waals surface area (Å²) >= 11 is 3.01. The Morgan fingerprint density at radius 1 is 1.53 bits per heavy atom. The number of esters is 1. The van der Waals surface area contributed by atoms with Crippen molar-refractivity contribution < 1.29 is 24.3 Å². The number of benzene rings is 1. The highest BCUT2D eigenvalue weighted by Crippen LogP contribution is 2.44. The third-order valence-electron chi connectivity index (χ3n) is 1.97. The Kier molecular flexibility index (Phi) is 3.89. The zero-order chi connectivity index (χ0) is 13.2. The van der Waals surface area contributed by atoms with E-state index in [1.807, 2.05) is 0 Å². The summed E-state index contributed by atoms with van der Waals surface area (Å²) in [6.45, 7) is 0. The van der Waals surface area contributed by atoms with Gasteiger partial charge in [0.25, 0.3) is 0 Å². The summed E-state index contributed by atoms with van der Waals surface area (Å²) in [5.41, 5.74) is -1.01. The number of phenolic OH excluding ortho intramolecular Hbond substituents is 1. The van der Waals surface area contributed by atoms with E-state index in [1.54, 1.807) is 0 Å². The zero-order valence-electron chi connectivity index (χ0n) is 8.89. The molecule has 1 aromatic carbocycles. The van der Waals surface area contributed by atoms with Gasteiger partial charge < -0.3 is 14.6 Å². The quantitative estimate of drug-likeness (QED) is 0.520. The van der Waals surface area contributed by atoms with Gasteiger partial charge in [-0.05, 0) is 22.0 Å². The second-order valence-electron chi connectivity index (χ2n) is 2.89. The predicted molar refractivity (Wildman–Crippen MR) is 60.4 cm³/mol. The molecule has 0 aliphatic heterocycles. The number of hydrogen-bond acceptors (Lipinski definition) is 6. The lowest BCUT2D eigenvalue weighted by atomic mass is 10.1. The third-order valence-corrected chi connectivity index (χ3v) is 2.56. The standard InChI is InChI=1S/C9H8BrNO6/c1-16-8-5(10)3-4(9(13)17-2)7(12)6(8)11(14)15/h3,12H,1-2H3. The molecule has 0 aliphatic rings. The topological polar surface area (TPSA) is 98.9 Å². The van der Waals surface area contributed by atoms with Gasteiger partial charge in [-0.2, -0.15) is 0 Å². The number of nitro groups is 1. The van der Waals surface area contributed by atoms with Crippen molar-refractivity contribution in [1.82, 2.24) is 0 Å². The minimum atomic E-state index is -0.881. The number of halogens is 1. The van der Waals surface area contributed by atoms with Crippen LogP contribution in [0, 0.1) is 10.1 Å². The SMILES string of the molecule is COC(=O)c1cc(Br)c(OC)c([N+](=O)[O-])c1O. The molecular weight excluding hydrogens is 298 g/mol. The van der Waals surface area contributed by atoms with Gasteiger partial charge in [-0.15, -0.1) is 0 Å². The molecule has 0 atom stereocenters. The number of phenols is 1. The third kappa shape index (κ3) is 2.31. The molecule has 0 fully saturated rings. The van der Waals surface area contributed by atoms with Gasteiger partial charge in [0, 0.05) is 0 Å². The maximum atomic E-state index is 11.3. The normalized spacial score (nSPS) is 9.82. The molecule has 0 unspecified atom stereocenters. The molecule has 8 heteroatoms. The van der Waals surface area contributed by atoms with Gasteiger partial charge in [0.05, 0.1) is 23.6 Å². The molecule has 0 amide bonds. The van der Waals surface area contributed by atoms with Crippen molar-refractivity contribution in [2.45, 2.75) is 0 Å². The van der Waals surface area contributed by atoms with Crippen LogP contribution in [-0.2, 0) is 4.74 Å². The van der Waals surface area contributed by atoms with Crippen LogP contribution in [-0.4, -0.2) is 30.2 Å². The van der Waals surface area contributed by atoms with Gasteiger partial charge in [0.15, 0.2) is 0 Å². The summed E-state index contributed by atoms with van der Waals surface area (Å²) in [4.78, 5) is 21.3. The summed E-state index contributed by atoms with van der Waals surface area (Å²) in [5, 5.41) is 20.5. The van der Waals surface area contributed by atoms with Crippen molar-refractivity contribution in [2.75, 3.05) is 14.2 Å². The fourth-order valence-corrected chi connectivity index (χ4v) is 1.82. The van der Waals surface area contributed by atoms with Crippen molar-refractivity contribution in [2.24, 2.45) is 0 Å². The van der Waals surface area contributed by atoms with Gasteiger partial charge in [0.2, 0.25) is 11.5 Å². The summed E-state index contributed by atoms with van der Waals surface area (Å²) in [6.07, 6.45) is 0. The monoisotopic (exact) mass is 305 g/mol. The van der Waals surface area contributed by atoms with E-state index in [9.17, 15) is 20.0 Å². The fraction of sp³-hybridized carbons (Fsp3) is 0.222. The van der Waals surface area contributed by atoms with E-state index >= 15 is 0 Å². The average Bonchev–Trinajstić information content (AvgIpc) is 2.29. The Morgan fingerprint density at radius 3 is 2.53 bits per heavy atom. The largest absolute Gasteiger partial charge is 0.501 e. The number of carbonyl (C=O) groups is 1. The molecule has 0 aromatic heterocycles. The summed E-state index contributed by atoms with van der Waals surface area (Å²) in [6, 6.07) is 1.19. The molecule has 0 saturated heterocycles. The van der Waals surface area contributed by atoms with Crippen LogP contribution in [0.2, 0.25) is 0 Å². The number of ether oxygens (including phenoxy) is 2. The van der Waals surface area contributed by atoms with Crippen LogP contribution in [0.25, 0.3) is 0 Å². The molecule has 0 saturated carbocycles. The number of aromatic hydroxyl groups is 1. The van der Waals surface area contributed by atoms with Crippen LogP contribution >= 0.6 is 15.9 Å². The molecule has 0 spiro atoms. The van der Waals surface area contributed by atoms with E-state index in [0.717, 1.165) is 7.11 Å². The first kappa shape index (κ1) is 13.2. The average molecular weight is 306 g/mol. The van der Waals surface area contributed by atoms with Crippen molar-refractivity contribution in [3.63, 3.8) is 0 Å². The van der Waals surface area contributed by atoms with Crippen molar-refractivity contribution in [3.05, 3.63) is 26.2 Å². The van der Waals surface area contributed by atoms with E-state index in [-0.39, 0.29) is 15.8 Å². The molecule has 0 aliphatic carbocycles. The first-order valence-electron chi connectivity index (χ1n) is 4.26. The second-order valence-corrected chi connectivity index (χ2v) is 3.74. The van der Waals surface area contributed by atoms with Crippen LogP contribution in [0.4, 0.5) is 5.69 Å². The first-order chi connectivity index (χ1) is 7.93.